The predicted molar refractivity (Wildman–Crippen MR) is 134 cm³/mol. The average Bonchev–Trinajstić information content (AvgIpc) is 3.60. The molecule has 2 amide bonds. The molecule has 9 nitrogen and oxygen atoms in total. The molecule has 36 heavy (non-hydrogen) atoms. The SMILES string of the molecule is COc1ccc(F)cc1N(C=O)Cc1ccc(-c2nn(C3CN(CC4CC4)C3)c(N)c2C(N)=O)cc1. The minimum absolute atomic E-state index is 0.109. The van der Waals surface area contributed by atoms with E-state index in [1.54, 1.807) is 16.8 Å². The van der Waals surface area contributed by atoms with Gasteiger partial charge < -0.3 is 21.1 Å². The van der Waals surface area contributed by atoms with Crippen LogP contribution in [0.5, 0.6) is 5.75 Å². The van der Waals surface area contributed by atoms with Crippen molar-refractivity contribution in [2.75, 3.05) is 37.4 Å². The van der Waals surface area contributed by atoms with Crippen molar-refractivity contribution in [3.63, 3.8) is 0 Å². The van der Waals surface area contributed by atoms with Crippen LogP contribution in [0.3, 0.4) is 0 Å². The number of likely N-dealkylation sites (tertiary alicyclic amines) is 1. The Balaban J connectivity index is 1.36. The second-order valence-electron chi connectivity index (χ2n) is 9.48. The van der Waals surface area contributed by atoms with Crippen molar-refractivity contribution in [1.29, 1.82) is 0 Å². The predicted octanol–water partition coefficient (Wildman–Crippen LogP) is 2.81. The number of nitrogens with zero attached hydrogens (tertiary/aromatic N) is 4. The third kappa shape index (κ3) is 4.64. The summed E-state index contributed by atoms with van der Waals surface area (Å²) < 4.78 is 20.8. The molecule has 0 spiro atoms. The molecule has 1 saturated carbocycles. The van der Waals surface area contributed by atoms with Crippen LogP contribution < -0.4 is 21.1 Å². The quantitative estimate of drug-likeness (QED) is 0.420. The lowest BCUT2D eigenvalue weighted by molar-refractivity contribution is -0.107. The maximum Gasteiger partial charge on any atom is 0.254 e. The van der Waals surface area contributed by atoms with E-state index in [1.165, 1.54) is 43.1 Å². The van der Waals surface area contributed by atoms with E-state index in [1.807, 2.05) is 12.1 Å². The fourth-order valence-electron chi connectivity index (χ4n) is 4.71. The summed E-state index contributed by atoms with van der Waals surface area (Å²) in [4.78, 5) is 27.8. The van der Waals surface area contributed by atoms with Gasteiger partial charge in [-0.3, -0.25) is 14.5 Å². The molecule has 1 aliphatic heterocycles. The van der Waals surface area contributed by atoms with Crippen LogP contribution >= 0.6 is 0 Å². The van der Waals surface area contributed by atoms with E-state index in [0.29, 0.717) is 29.1 Å². The molecule has 2 aliphatic rings. The number of rotatable bonds is 10. The van der Waals surface area contributed by atoms with E-state index >= 15 is 0 Å². The normalized spacial score (nSPS) is 15.9. The van der Waals surface area contributed by atoms with Crippen LogP contribution in [0.25, 0.3) is 11.3 Å². The number of carbonyl (C=O) groups excluding carboxylic acids is 2. The molecule has 5 rings (SSSR count). The van der Waals surface area contributed by atoms with Crippen LogP contribution in [0.15, 0.2) is 42.5 Å². The van der Waals surface area contributed by atoms with Gasteiger partial charge in [0.25, 0.3) is 5.91 Å². The van der Waals surface area contributed by atoms with Gasteiger partial charge in [-0.05, 0) is 36.5 Å². The summed E-state index contributed by atoms with van der Waals surface area (Å²) in [5, 5.41) is 4.68. The van der Waals surface area contributed by atoms with Crippen molar-refractivity contribution in [2.45, 2.75) is 25.4 Å². The van der Waals surface area contributed by atoms with Crippen LogP contribution in [0.1, 0.15) is 34.8 Å². The van der Waals surface area contributed by atoms with Crippen molar-refractivity contribution < 1.29 is 18.7 Å². The molecule has 188 valence electrons. The highest BCUT2D eigenvalue weighted by molar-refractivity contribution is 6.03. The highest BCUT2D eigenvalue weighted by Crippen LogP contribution is 2.36. The number of ether oxygens (including phenoxy) is 1. The molecule has 0 bridgehead atoms. The molecule has 10 heteroatoms. The van der Waals surface area contributed by atoms with Gasteiger partial charge >= 0.3 is 0 Å². The van der Waals surface area contributed by atoms with Crippen LogP contribution in [-0.4, -0.2) is 53.7 Å². The smallest absolute Gasteiger partial charge is 0.254 e. The average molecular weight is 493 g/mol. The molecular formula is C26H29FN6O3. The first-order chi connectivity index (χ1) is 17.4. The maximum atomic E-state index is 13.8. The second kappa shape index (κ2) is 9.62. The Kier molecular flexibility index (Phi) is 6.36. The van der Waals surface area contributed by atoms with Gasteiger partial charge in [-0.2, -0.15) is 5.10 Å². The zero-order valence-electron chi connectivity index (χ0n) is 20.1. The zero-order chi connectivity index (χ0) is 25.4. The third-order valence-corrected chi connectivity index (χ3v) is 6.85. The molecular weight excluding hydrogens is 463 g/mol. The van der Waals surface area contributed by atoms with E-state index in [4.69, 9.17) is 16.2 Å². The monoisotopic (exact) mass is 492 g/mol. The van der Waals surface area contributed by atoms with Crippen molar-refractivity contribution in [2.24, 2.45) is 11.7 Å². The first kappa shape index (κ1) is 23.8. The van der Waals surface area contributed by atoms with E-state index < -0.39 is 11.7 Å². The van der Waals surface area contributed by atoms with Crippen LogP contribution in [0.4, 0.5) is 15.9 Å². The van der Waals surface area contributed by atoms with Crippen molar-refractivity contribution in [1.82, 2.24) is 14.7 Å². The third-order valence-electron chi connectivity index (χ3n) is 6.85. The van der Waals surface area contributed by atoms with E-state index in [-0.39, 0.29) is 24.0 Å². The lowest BCUT2D eigenvalue weighted by Crippen LogP contribution is -2.48. The van der Waals surface area contributed by atoms with E-state index in [2.05, 4.69) is 10.00 Å². The van der Waals surface area contributed by atoms with Crippen molar-refractivity contribution >= 4 is 23.8 Å². The first-order valence-electron chi connectivity index (χ1n) is 11.9. The molecule has 2 fully saturated rings. The van der Waals surface area contributed by atoms with Crippen molar-refractivity contribution in [3.8, 4) is 17.0 Å². The fourth-order valence-corrected chi connectivity index (χ4v) is 4.71. The number of primary amides is 1. The van der Waals surface area contributed by atoms with Gasteiger partial charge in [0, 0.05) is 31.3 Å². The number of methoxy groups -OCH3 is 1. The molecule has 1 saturated heterocycles. The van der Waals surface area contributed by atoms with Gasteiger partial charge in [0.1, 0.15) is 28.6 Å². The van der Waals surface area contributed by atoms with Gasteiger partial charge in [0.15, 0.2) is 0 Å². The Hall–Kier alpha value is -3.92. The van der Waals surface area contributed by atoms with Gasteiger partial charge in [-0.25, -0.2) is 9.07 Å². The molecule has 2 heterocycles. The number of aromatic nitrogens is 2. The maximum absolute atomic E-state index is 13.8. The molecule has 4 N–H and O–H groups in total. The van der Waals surface area contributed by atoms with Crippen LogP contribution in [0.2, 0.25) is 0 Å². The second-order valence-corrected chi connectivity index (χ2v) is 9.48. The molecule has 0 unspecified atom stereocenters. The summed E-state index contributed by atoms with van der Waals surface area (Å²) >= 11 is 0. The highest BCUT2D eigenvalue weighted by atomic mass is 19.1. The number of anilines is 2. The van der Waals surface area contributed by atoms with Crippen LogP contribution in [-0.2, 0) is 11.3 Å². The molecule has 1 aliphatic carbocycles. The summed E-state index contributed by atoms with van der Waals surface area (Å²) in [5.41, 5.74) is 14.5. The topological polar surface area (TPSA) is 120 Å². The lowest BCUT2D eigenvalue weighted by Gasteiger charge is -2.39. The highest BCUT2D eigenvalue weighted by Gasteiger charge is 2.36. The fraction of sp³-hybridized carbons (Fsp3) is 0.346. The number of amides is 2. The largest absolute Gasteiger partial charge is 0.495 e. The zero-order valence-corrected chi connectivity index (χ0v) is 20.1. The minimum Gasteiger partial charge on any atom is -0.495 e. The summed E-state index contributed by atoms with van der Waals surface area (Å²) in [5.74, 6) is 0.384. The number of nitrogens with two attached hydrogens (primary N) is 2. The molecule has 0 atom stereocenters. The van der Waals surface area contributed by atoms with Gasteiger partial charge in [-0.1, -0.05) is 24.3 Å². The molecule has 2 aromatic carbocycles. The summed E-state index contributed by atoms with van der Waals surface area (Å²) in [6, 6.07) is 11.4. The standard InChI is InChI=1S/C26H29FN6O3/c1-36-22-9-8-19(27)10-21(22)32(15-34)12-17-4-6-18(7-5-17)24-23(26(29)35)25(28)33(30-24)20-13-31(14-20)11-16-2-3-16/h4-10,15-16,20H,2-3,11-14,28H2,1H3,(H2,29,35). The minimum atomic E-state index is -0.627. The number of halogens is 1. The Morgan fingerprint density at radius 3 is 2.56 bits per heavy atom. The van der Waals surface area contributed by atoms with Crippen LogP contribution in [0, 0.1) is 11.7 Å². The van der Waals surface area contributed by atoms with E-state index in [0.717, 1.165) is 31.1 Å². The van der Waals surface area contributed by atoms with E-state index in [9.17, 15) is 14.0 Å². The Labute approximate surface area is 208 Å². The first-order valence-corrected chi connectivity index (χ1v) is 11.9. The van der Waals surface area contributed by atoms with Gasteiger partial charge in [0.05, 0.1) is 25.4 Å². The molecule has 3 aromatic rings. The number of benzene rings is 2. The summed E-state index contributed by atoms with van der Waals surface area (Å²) in [7, 11) is 1.46. The Morgan fingerprint density at radius 1 is 1.22 bits per heavy atom. The number of carbonyl (C=O) groups is 2. The molecule has 0 radical (unpaired) electrons. The molecule has 1 aromatic heterocycles. The lowest BCUT2D eigenvalue weighted by atomic mass is 10.0. The van der Waals surface area contributed by atoms with Gasteiger partial charge in [0.2, 0.25) is 6.41 Å². The number of hydrogen-bond acceptors (Lipinski definition) is 6. The van der Waals surface area contributed by atoms with Gasteiger partial charge in [-0.15, -0.1) is 0 Å². The summed E-state index contributed by atoms with van der Waals surface area (Å²) in [6.07, 6.45) is 3.23. The van der Waals surface area contributed by atoms with Crippen molar-refractivity contribution in [3.05, 3.63) is 59.4 Å². The number of nitrogen functional groups attached to an aromatic ring is 1. The summed E-state index contributed by atoms with van der Waals surface area (Å²) in [6.45, 7) is 3.00. The Bertz CT molecular complexity index is 1280. The Morgan fingerprint density at radius 2 is 1.94 bits per heavy atom. The number of hydrogen-bond donors (Lipinski definition) is 2.